The molecule has 0 bridgehead atoms. The van der Waals surface area contributed by atoms with Crippen molar-refractivity contribution in [1.29, 1.82) is 0 Å². The number of nitrogens with zero attached hydrogens (tertiary/aromatic N) is 5. The van der Waals surface area contributed by atoms with Gasteiger partial charge in [-0.15, -0.1) is 0 Å². The summed E-state index contributed by atoms with van der Waals surface area (Å²) < 4.78 is 19.0. The Kier molecular flexibility index (Phi) is 8.54. The van der Waals surface area contributed by atoms with Crippen LogP contribution in [0.25, 0.3) is 11.0 Å². The number of aldehydes is 1. The van der Waals surface area contributed by atoms with Crippen molar-refractivity contribution in [2.24, 2.45) is 0 Å². The van der Waals surface area contributed by atoms with Gasteiger partial charge >= 0.3 is 18.3 Å². The van der Waals surface area contributed by atoms with Gasteiger partial charge in [-0.3, -0.25) is 4.90 Å². The SMILES string of the molecule is CC(C)(C)OC(=O)N(C(=O)OC(C)(C)C)c1ncnc2c1c(I)cn2C1CC(C=O)N(C(=O)OC(C)(C)C)C1. The number of aromatic nitrogens is 3. The smallest absolute Gasteiger partial charge is 0.425 e. The molecular weight excluding hydrogens is 621 g/mol. The predicted molar refractivity (Wildman–Crippen MR) is 152 cm³/mol. The van der Waals surface area contributed by atoms with E-state index in [4.69, 9.17) is 14.2 Å². The number of fused-ring (bicyclic) bond motifs is 1. The number of rotatable bonds is 3. The van der Waals surface area contributed by atoms with Crippen molar-refractivity contribution in [3.63, 3.8) is 0 Å². The van der Waals surface area contributed by atoms with Gasteiger partial charge in [0.15, 0.2) is 5.82 Å². The number of ether oxygens (including phenoxy) is 3. The lowest BCUT2D eigenvalue weighted by Crippen LogP contribution is -2.44. The molecule has 0 aliphatic carbocycles. The maximum atomic E-state index is 13.3. The van der Waals surface area contributed by atoms with Gasteiger partial charge in [-0.1, -0.05) is 0 Å². The Morgan fingerprint density at radius 3 is 1.97 bits per heavy atom. The maximum absolute atomic E-state index is 13.3. The number of halogens is 1. The second-order valence-corrected chi connectivity index (χ2v) is 13.5. The molecular formula is C26H36IN5O7. The highest BCUT2D eigenvalue weighted by molar-refractivity contribution is 14.1. The minimum absolute atomic E-state index is 0.000540. The van der Waals surface area contributed by atoms with Gasteiger partial charge in [0.05, 0.1) is 17.5 Å². The molecule has 3 rings (SSSR count). The lowest BCUT2D eigenvalue weighted by atomic mass is 10.2. The summed E-state index contributed by atoms with van der Waals surface area (Å²) in [6.07, 6.45) is 1.62. The van der Waals surface area contributed by atoms with E-state index < -0.39 is 41.1 Å². The van der Waals surface area contributed by atoms with Crippen LogP contribution in [0, 0.1) is 3.57 Å². The zero-order valence-corrected chi connectivity index (χ0v) is 25.9. The van der Waals surface area contributed by atoms with Gasteiger partial charge in [0.1, 0.15) is 35.1 Å². The van der Waals surface area contributed by atoms with Crippen LogP contribution in [0.2, 0.25) is 0 Å². The highest BCUT2D eigenvalue weighted by Crippen LogP contribution is 2.36. The molecule has 13 heteroatoms. The Bertz CT molecular complexity index is 1240. The topological polar surface area (TPSA) is 133 Å². The Balaban J connectivity index is 2.07. The molecule has 0 spiro atoms. The van der Waals surface area contributed by atoms with Gasteiger partial charge in [-0.05, 0) is 91.3 Å². The molecule has 0 N–H and O–H groups in total. The van der Waals surface area contributed by atoms with E-state index >= 15 is 0 Å². The first-order valence-electron chi connectivity index (χ1n) is 12.5. The van der Waals surface area contributed by atoms with Crippen LogP contribution in [-0.4, -0.2) is 73.4 Å². The molecule has 0 aromatic carbocycles. The van der Waals surface area contributed by atoms with Gasteiger partial charge < -0.3 is 23.6 Å². The van der Waals surface area contributed by atoms with Gasteiger partial charge in [0, 0.05) is 16.3 Å². The van der Waals surface area contributed by atoms with Crippen molar-refractivity contribution in [1.82, 2.24) is 19.4 Å². The molecule has 2 atom stereocenters. The van der Waals surface area contributed by atoms with Crippen LogP contribution in [-0.2, 0) is 19.0 Å². The second-order valence-electron chi connectivity index (χ2n) is 12.3. The quantitative estimate of drug-likeness (QED) is 0.240. The summed E-state index contributed by atoms with van der Waals surface area (Å²) in [4.78, 5) is 62.0. The molecule has 2 aromatic heterocycles. The highest BCUT2D eigenvalue weighted by Gasteiger charge is 2.40. The van der Waals surface area contributed by atoms with Crippen molar-refractivity contribution in [2.45, 2.75) is 97.6 Å². The Morgan fingerprint density at radius 1 is 0.949 bits per heavy atom. The van der Waals surface area contributed by atoms with E-state index in [0.29, 0.717) is 21.0 Å². The van der Waals surface area contributed by atoms with E-state index in [1.807, 2.05) is 4.57 Å². The average Bonchev–Trinajstić information content (AvgIpc) is 3.32. The molecule has 1 fully saturated rings. The van der Waals surface area contributed by atoms with Gasteiger partial charge in [-0.2, -0.15) is 4.90 Å². The number of amides is 3. The summed E-state index contributed by atoms with van der Waals surface area (Å²) in [7, 11) is 0. The summed E-state index contributed by atoms with van der Waals surface area (Å²) in [5.41, 5.74) is -2.07. The molecule has 2 aromatic rings. The van der Waals surface area contributed by atoms with E-state index in [1.54, 1.807) is 68.5 Å². The normalized spacial score (nSPS) is 18.2. The predicted octanol–water partition coefficient (Wildman–Crippen LogP) is 5.46. The lowest BCUT2D eigenvalue weighted by molar-refractivity contribution is -0.111. The number of anilines is 1. The fraction of sp³-hybridized carbons (Fsp3) is 0.615. The third-order valence-corrected chi connectivity index (χ3v) is 6.22. The van der Waals surface area contributed by atoms with Gasteiger partial charge in [0.25, 0.3) is 0 Å². The maximum Gasteiger partial charge on any atom is 0.425 e. The van der Waals surface area contributed by atoms with Crippen molar-refractivity contribution in [2.75, 3.05) is 11.4 Å². The van der Waals surface area contributed by atoms with Gasteiger partial charge in [0.2, 0.25) is 0 Å². The molecule has 39 heavy (non-hydrogen) atoms. The van der Waals surface area contributed by atoms with Crippen LogP contribution in [0.3, 0.4) is 0 Å². The van der Waals surface area contributed by atoms with Crippen LogP contribution in [0.5, 0.6) is 0 Å². The Hall–Kier alpha value is -2.97. The number of likely N-dealkylation sites (tertiary alicyclic amines) is 1. The Labute approximate surface area is 241 Å². The molecule has 0 saturated carbocycles. The standard InChI is InChI=1S/C26H36IN5O7/c1-24(2,3)37-21(34)31-11-15(10-16(31)13-33)30-12-17(27)18-19(30)28-14-29-20(18)32(22(35)38-25(4,5)6)23(36)39-26(7,8)9/h12-16H,10-11H2,1-9H3. The van der Waals surface area contributed by atoms with Crippen LogP contribution >= 0.6 is 22.6 Å². The van der Waals surface area contributed by atoms with E-state index in [9.17, 15) is 19.2 Å². The summed E-state index contributed by atoms with van der Waals surface area (Å²) >= 11 is 2.07. The number of carbonyl (C=O) groups is 4. The first-order chi connectivity index (χ1) is 17.8. The third kappa shape index (κ3) is 7.37. The van der Waals surface area contributed by atoms with Gasteiger partial charge in [-0.25, -0.2) is 24.4 Å². The zero-order chi connectivity index (χ0) is 29.5. The second kappa shape index (κ2) is 10.9. The van der Waals surface area contributed by atoms with E-state index in [-0.39, 0.29) is 18.4 Å². The molecule has 1 aliphatic rings. The molecule has 12 nitrogen and oxygen atoms in total. The molecule has 3 heterocycles. The third-order valence-electron chi connectivity index (χ3n) is 5.41. The highest BCUT2D eigenvalue weighted by atomic mass is 127. The summed E-state index contributed by atoms with van der Waals surface area (Å²) in [6.45, 7) is 15.6. The molecule has 1 saturated heterocycles. The number of carbonyl (C=O) groups excluding carboxylic acids is 4. The first kappa shape index (κ1) is 30.6. The van der Waals surface area contributed by atoms with E-state index in [1.165, 1.54) is 11.2 Å². The van der Waals surface area contributed by atoms with E-state index in [0.717, 1.165) is 11.2 Å². The van der Waals surface area contributed by atoms with Crippen LogP contribution in [0.1, 0.15) is 74.8 Å². The minimum atomic E-state index is -0.946. The largest absolute Gasteiger partial charge is 0.444 e. The van der Waals surface area contributed by atoms with Crippen molar-refractivity contribution >= 4 is 64.0 Å². The minimum Gasteiger partial charge on any atom is -0.444 e. The number of hydrogen-bond donors (Lipinski definition) is 0. The number of imide groups is 1. The summed E-state index contributed by atoms with van der Waals surface area (Å²) in [5.74, 6) is 0.000540. The number of hydrogen-bond acceptors (Lipinski definition) is 9. The van der Waals surface area contributed by atoms with Crippen LogP contribution in [0.15, 0.2) is 12.5 Å². The summed E-state index contributed by atoms with van der Waals surface area (Å²) in [6, 6.07) is -1.00. The fourth-order valence-electron chi connectivity index (χ4n) is 4.04. The molecule has 3 amide bonds. The molecule has 214 valence electrons. The van der Waals surface area contributed by atoms with Crippen LogP contribution in [0.4, 0.5) is 20.2 Å². The zero-order valence-electron chi connectivity index (χ0n) is 23.8. The van der Waals surface area contributed by atoms with Crippen molar-refractivity contribution in [3.8, 4) is 0 Å². The van der Waals surface area contributed by atoms with Crippen LogP contribution < -0.4 is 4.90 Å². The Morgan fingerprint density at radius 2 is 1.49 bits per heavy atom. The molecule has 1 aliphatic heterocycles. The molecule has 0 radical (unpaired) electrons. The first-order valence-corrected chi connectivity index (χ1v) is 13.6. The molecule has 2 unspecified atom stereocenters. The van der Waals surface area contributed by atoms with E-state index in [2.05, 4.69) is 32.6 Å². The average molecular weight is 658 g/mol. The summed E-state index contributed by atoms with van der Waals surface area (Å²) in [5, 5.41) is 0.424. The monoisotopic (exact) mass is 657 g/mol. The van der Waals surface area contributed by atoms with Crippen molar-refractivity contribution in [3.05, 3.63) is 16.1 Å². The van der Waals surface area contributed by atoms with Crippen molar-refractivity contribution < 1.29 is 33.4 Å². The fourth-order valence-corrected chi connectivity index (χ4v) is 4.82. The lowest BCUT2D eigenvalue weighted by Gasteiger charge is -2.28.